The van der Waals surface area contributed by atoms with Crippen molar-refractivity contribution in [3.8, 4) is 11.4 Å². The van der Waals surface area contributed by atoms with E-state index >= 15 is 0 Å². The summed E-state index contributed by atoms with van der Waals surface area (Å²) < 4.78 is 4.61. The first kappa shape index (κ1) is 30.7. The Hall–Kier alpha value is -7.36. The van der Waals surface area contributed by atoms with Gasteiger partial charge in [-0.05, 0) is 96.6 Å². The zero-order valence-electron chi connectivity index (χ0n) is 27.9. The predicted octanol–water partition coefficient (Wildman–Crippen LogP) is 11.7. The molecular weight excluding hydrogens is 641 g/mol. The molecule has 0 radical (unpaired) electrons. The lowest BCUT2D eigenvalue weighted by molar-refractivity contribution is -0.132. The van der Waals surface area contributed by atoms with Crippen molar-refractivity contribution in [2.24, 2.45) is 0 Å². The van der Waals surface area contributed by atoms with Gasteiger partial charge in [0.25, 0.3) is 5.70 Å². The van der Waals surface area contributed by atoms with Gasteiger partial charge in [0, 0.05) is 50.0 Å². The minimum atomic E-state index is -1.24. The van der Waals surface area contributed by atoms with Crippen LogP contribution in [0.25, 0.3) is 65.9 Å². The number of aromatic nitrogens is 2. The summed E-state index contributed by atoms with van der Waals surface area (Å²) in [7, 11) is 0. The number of hydrogen-bond acceptors (Lipinski definition) is 2. The molecule has 2 aromatic heterocycles. The first-order chi connectivity index (χ1) is 25.6. The third kappa shape index (κ3) is 5.08. The van der Waals surface area contributed by atoms with Crippen molar-refractivity contribution in [2.45, 2.75) is 0 Å². The highest BCUT2D eigenvalue weighted by atomic mass is 16.4. The number of hydrogen-bond donors (Lipinski definition) is 1. The van der Waals surface area contributed by atoms with Crippen molar-refractivity contribution in [1.82, 2.24) is 9.13 Å². The molecule has 0 unspecified atom stereocenters. The van der Waals surface area contributed by atoms with Gasteiger partial charge in [-0.3, -0.25) is 4.79 Å². The highest BCUT2D eigenvalue weighted by molar-refractivity contribution is 6.10. The van der Waals surface area contributed by atoms with E-state index in [1.165, 1.54) is 27.6 Å². The third-order valence-corrected chi connectivity index (χ3v) is 9.69. The van der Waals surface area contributed by atoms with E-state index in [0.717, 1.165) is 50.5 Å². The van der Waals surface area contributed by atoms with Crippen LogP contribution in [0, 0.1) is 6.57 Å². The van der Waals surface area contributed by atoms with Crippen LogP contribution in [0.5, 0.6) is 0 Å². The zero-order valence-corrected chi connectivity index (χ0v) is 27.9. The van der Waals surface area contributed by atoms with Gasteiger partial charge in [-0.1, -0.05) is 84.9 Å². The molecular formula is C46H30N4O2. The number of carboxylic acid groups (broad SMARTS) is 1. The number of aliphatic carboxylic acids is 1. The van der Waals surface area contributed by atoms with Crippen LogP contribution in [0.2, 0.25) is 0 Å². The molecule has 1 N–H and O–H groups in total. The summed E-state index contributed by atoms with van der Waals surface area (Å²) >= 11 is 0. The van der Waals surface area contributed by atoms with E-state index in [1.807, 2.05) is 24.3 Å². The summed E-state index contributed by atoms with van der Waals surface area (Å²) in [6, 6.07) is 58.7. The topological polar surface area (TPSA) is 54.8 Å². The summed E-state index contributed by atoms with van der Waals surface area (Å²) in [6.07, 6.45) is 1.39. The Kier molecular flexibility index (Phi) is 7.38. The van der Waals surface area contributed by atoms with E-state index in [1.54, 1.807) is 0 Å². The van der Waals surface area contributed by atoms with Crippen molar-refractivity contribution in [3.63, 3.8) is 0 Å². The van der Waals surface area contributed by atoms with Crippen LogP contribution >= 0.6 is 0 Å². The molecule has 0 atom stereocenters. The molecule has 0 aliphatic rings. The van der Waals surface area contributed by atoms with Crippen molar-refractivity contribution in [2.75, 3.05) is 4.90 Å². The number of benzene rings is 7. The van der Waals surface area contributed by atoms with E-state index < -0.39 is 5.97 Å². The Bertz CT molecular complexity index is 2610. The molecule has 0 saturated carbocycles. The summed E-state index contributed by atoms with van der Waals surface area (Å²) in [4.78, 5) is 16.9. The summed E-state index contributed by atoms with van der Waals surface area (Å²) in [5.41, 5.74) is 9.85. The van der Waals surface area contributed by atoms with Crippen LogP contribution in [0.4, 0.5) is 17.1 Å². The van der Waals surface area contributed by atoms with E-state index in [9.17, 15) is 9.90 Å². The lowest BCUT2D eigenvalue weighted by atomic mass is 10.1. The lowest BCUT2D eigenvalue weighted by Gasteiger charge is -2.26. The SMILES string of the molecule is [C-]#[N+]/C(=C\c1ccc(N(c2ccc(-n3c4ccccc4c4ccccc43)cc2)c2ccc(-n3c4ccccc4c4ccccc43)cc2)cc1)C(=O)O. The number of carboxylic acids is 1. The summed E-state index contributed by atoms with van der Waals surface area (Å²) in [5, 5.41) is 14.3. The fraction of sp³-hybridized carbons (Fsp3) is 0. The van der Waals surface area contributed by atoms with E-state index in [2.05, 4.69) is 164 Å². The molecule has 7 aromatic carbocycles. The van der Waals surface area contributed by atoms with Crippen LogP contribution in [0.3, 0.4) is 0 Å². The second kappa shape index (κ2) is 12.5. The number of carbonyl (C=O) groups is 1. The molecule has 0 aliphatic carbocycles. The van der Waals surface area contributed by atoms with Gasteiger partial charge in [0.1, 0.15) is 0 Å². The van der Waals surface area contributed by atoms with Gasteiger partial charge in [-0.2, -0.15) is 0 Å². The number of anilines is 3. The van der Waals surface area contributed by atoms with Crippen LogP contribution in [-0.4, -0.2) is 20.2 Å². The molecule has 6 nitrogen and oxygen atoms in total. The Morgan fingerprint density at radius 2 is 0.827 bits per heavy atom. The average molecular weight is 671 g/mol. The van der Waals surface area contributed by atoms with E-state index in [0.29, 0.717) is 5.56 Å². The lowest BCUT2D eigenvalue weighted by Crippen LogP contribution is -2.10. The molecule has 0 bridgehead atoms. The Labute approximate surface area is 299 Å². The second-order valence-corrected chi connectivity index (χ2v) is 12.6. The largest absolute Gasteiger partial charge is 0.486 e. The predicted molar refractivity (Wildman–Crippen MR) is 212 cm³/mol. The third-order valence-electron chi connectivity index (χ3n) is 9.69. The summed E-state index contributed by atoms with van der Waals surface area (Å²) in [5.74, 6) is -1.24. The smallest absolute Gasteiger partial charge is 0.333 e. The van der Waals surface area contributed by atoms with Crippen LogP contribution in [0.15, 0.2) is 176 Å². The van der Waals surface area contributed by atoms with Gasteiger partial charge in [-0.15, -0.1) is 0 Å². The standard InChI is InChI=1S/C46H30N4O2/c1-47-41(46(51)52)30-31-18-20-32(21-19-31)48(33-22-26-35(27-23-33)49-42-14-6-2-10-37(42)38-11-3-7-15-43(38)49)34-24-28-36(29-25-34)50-44-16-8-4-12-39(44)40-13-5-9-17-45(40)50/h2-30H,(H,51,52)/b41-30-. The van der Waals surface area contributed by atoms with Gasteiger partial charge < -0.3 is 19.1 Å². The molecule has 0 amide bonds. The van der Waals surface area contributed by atoms with Crippen molar-refractivity contribution in [1.29, 1.82) is 0 Å². The van der Waals surface area contributed by atoms with Gasteiger partial charge >= 0.3 is 5.97 Å². The molecule has 6 heteroatoms. The zero-order chi connectivity index (χ0) is 35.2. The highest BCUT2D eigenvalue weighted by Gasteiger charge is 2.17. The molecule has 0 aliphatic heterocycles. The maximum absolute atomic E-state index is 11.5. The number of nitrogens with zero attached hydrogens (tertiary/aromatic N) is 4. The number of fused-ring (bicyclic) bond motifs is 6. The van der Waals surface area contributed by atoms with Crippen LogP contribution < -0.4 is 4.90 Å². The first-order valence-electron chi connectivity index (χ1n) is 17.0. The number of para-hydroxylation sites is 4. The molecule has 2 heterocycles. The molecule has 52 heavy (non-hydrogen) atoms. The molecule has 9 aromatic rings. The van der Waals surface area contributed by atoms with Crippen molar-refractivity contribution in [3.05, 3.63) is 193 Å². The molecule has 0 spiro atoms. The normalized spacial score (nSPS) is 11.7. The average Bonchev–Trinajstić information content (AvgIpc) is 3.71. The maximum atomic E-state index is 11.5. The van der Waals surface area contributed by atoms with Crippen LogP contribution in [0.1, 0.15) is 5.56 Å². The fourth-order valence-corrected chi connectivity index (χ4v) is 7.37. The monoisotopic (exact) mass is 670 g/mol. The minimum absolute atomic E-state index is 0.328. The van der Waals surface area contributed by atoms with Gasteiger partial charge in [0.2, 0.25) is 0 Å². The van der Waals surface area contributed by atoms with Gasteiger partial charge in [-0.25, -0.2) is 4.85 Å². The Morgan fingerprint density at radius 1 is 0.500 bits per heavy atom. The Morgan fingerprint density at radius 3 is 1.15 bits per heavy atom. The van der Waals surface area contributed by atoms with Gasteiger partial charge in [0.05, 0.1) is 28.6 Å². The summed E-state index contributed by atoms with van der Waals surface area (Å²) in [6.45, 7) is 7.26. The maximum Gasteiger partial charge on any atom is 0.333 e. The first-order valence-corrected chi connectivity index (χ1v) is 17.0. The van der Waals surface area contributed by atoms with Crippen molar-refractivity contribution >= 4 is 72.7 Å². The van der Waals surface area contributed by atoms with E-state index in [-0.39, 0.29) is 5.70 Å². The fourth-order valence-electron chi connectivity index (χ4n) is 7.37. The van der Waals surface area contributed by atoms with E-state index in [4.69, 9.17) is 6.57 Å². The highest BCUT2D eigenvalue weighted by Crippen LogP contribution is 2.38. The van der Waals surface area contributed by atoms with Gasteiger partial charge in [0.15, 0.2) is 0 Å². The molecule has 9 rings (SSSR count). The minimum Gasteiger partial charge on any atom is -0.486 e. The Balaban J connectivity index is 1.16. The van der Waals surface area contributed by atoms with Crippen molar-refractivity contribution < 1.29 is 9.90 Å². The van der Waals surface area contributed by atoms with Crippen LogP contribution in [-0.2, 0) is 4.79 Å². The molecule has 0 saturated heterocycles. The second-order valence-electron chi connectivity index (χ2n) is 12.6. The molecule has 246 valence electrons. The number of rotatable bonds is 7. The molecule has 0 fully saturated rings. The quantitative estimate of drug-likeness (QED) is 0.136.